The summed E-state index contributed by atoms with van der Waals surface area (Å²) >= 11 is 0. The fourth-order valence-corrected chi connectivity index (χ4v) is 3.48. The van der Waals surface area contributed by atoms with Gasteiger partial charge in [-0.15, -0.1) is 0 Å². The number of aromatic nitrogens is 1. The zero-order valence-corrected chi connectivity index (χ0v) is 13.2. The lowest BCUT2D eigenvalue weighted by molar-refractivity contribution is 0.233. The molecule has 2 heterocycles. The molecule has 2 aliphatic rings. The number of anilines is 1. The topological polar surface area (TPSA) is 28.2 Å². The summed E-state index contributed by atoms with van der Waals surface area (Å²) in [7, 11) is 0. The summed E-state index contributed by atoms with van der Waals surface area (Å²) in [5, 5.41) is 3.84. The highest BCUT2D eigenvalue weighted by Gasteiger charge is 2.46. The van der Waals surface area contributed by atoms with Crippen LogP contribution >= 0.6 is 0 Å². The van der Waals surface area contributed by atoms with Gasteiger partial charge in [-0.25, -0.2) is 0 Å². The molecule has 1 N–H and O–H groups in total. The molecule has 0 radical (unpaired) electrons. The molecule has 0 amide bonds. The Morgan fingerprint density at radius 1 is 1.35 bits per heavy atom. The van der Waals surface area contributed by atoms with E-state index in [1.54, 1.807) is 0 Å². The van der Waals surface area contributed by atoms with Crippen molar-refractivity contribution in [3.63, 3.8) is 0 Å². The third kappa shape index (κ3) is 2.56. The van der Waals surface area contributed by atoms with Crippen LogP contribution in [0.5, 0.6) is 0 Å². The standard InChI is InChI=1S/C17H27N3/c1-12(2)16-10-19-17(4,14-6-7-14)11-20(16)15-8-5-13(3)18-9-15/h5,8-9,12,14,16,19H,6-7,10-11H2,1-4H3. The van der Waals surface area contributed by atoms with Gasteiger partial charge in [0.15, 0.2) is 0 Å². The van der Waals surface area contributed by atoms with Gasteiger partial charge in [-0.05, 0) is 50.7 Å². The summed E-state index contributed by atoms with van der Waals surface area (Å²) in [6.45, 7) is 11.3. The number of pyridine rings is 1. The van der Waals surface area contributed by atoms with Crippen molar-refractivity contribution in [1.82, 2.24) is 10.3 Å². The van der Waals surface area contributed by atoms with Gasteiger partial charge in [0.25, 0.3) is 0 Å². The molecule has 0 aromatic carbocycles. The highest BCUT2D eigenvalue weighted by atomic mass is 15.3. The normalized spacial score (nSPS) is 30.9. The number of nitrogens with zero attached hydrogens (tertiary/aromatic N) is 2. The third-order valence-corrected chi connectivity index (χ3v) is 5.09. The lowest BCUT2D eigenvalue weighted by Gasteiger charge is -2.49. The number of aryl methyl sites for hydroxylation is 1. The molecular formula is C17H27N3. The molecule has 110 valence electrons. The van der Waals surface area contributed by atoms with Crippen LogP contribution in [0.25, 0.3) is 0 Å². The van der Waals surface area contributed by atoms with Gasteiger partial charge in [-0.1, -0.05) is 13.8 Å². The second-order valence-electron chi connectivity index (χ2n) is 7.17. The van der Waals surface area contributed by atoms with E-state index in [-0.39, 0.29) is 5.54 Å². The molecule has 1 aromatic rings. The molecule has 0 spiro atoms. The Morgan fingerprint density at radius 3 is 2.65 bits per heavy atom. The Balaban J connectivity index is 1.87. The highest BCUT2D eigenvalue weighted by Crippen LogP contribution is 2.42. The first-order valence-corrected chi connectivity index (χ1v) is 7.94. The molecule has 1 saturated carbocycles. The van der Waals surface area contributed by atoms with Gasteiger partial charge in [0, 0.05) is 30.4 Å². The molecule has 20 heavy (non-hydrogen) atoms. The first kappa shape index (κ1) is 13.9. The maximum atomic E-state index is 4.49. The summed E-state index contributed by atoms with van der Waals surface area (Å²) in [6.07, 6.45) is 4.81. The maximum Gasteiger partial charge on any atom is 0.0556 e. The van der Waals surface area contributed by atoms with E-state index in [2.05, 4.69) is 55.0 Å². The van der Waals surface area contributed by atoms with E-state index in [1.807, 2.05) is 6.20 Å². The Morgan fingerprint density at radius 2 is 2.10 bits per heavy atom. The molecule has 1 aliphatic carbocycles. The summed E-state index contributed by atoms with van der Waals surface area (Å²) < 4.78 is 0. The summed E-state index contributed by atoms with van der Waals surface area (Å²) in [6, 6.07) is 4.92. The van der Waals surface area contributed by atoms with E-state index in [0.29, 0.717) is 12.0 Å². The van der Waals surface area contributed by atoms with E-state index < -0.39 is 0 Å². The SMILES string of the molecule is Cc1ccc(N2CC(C)(C3CC3)NCC2C(C)C)cn1. The fourth-order valence-electron chi connectivity index (χ4n) is 3.48. The quantitative estimate of drug-likeness (QED) is 0.917. The van der Waals surface area contributed by atoms with Crippen LogP contribution in [0.15, 0.2) is 18.3 Å². The van der Waals surface area contributed by atoms with Crippen LogP contribution in [-0.4, -0.2) is 29.7 Å². The molecule has 3 heteroatoms. The van der Waals surface area contributed by atoms with Crippen molar-refractivity contribution in [3.8, 4) is 0 Å². The Labute approximate surface area is 122 Å². The minimum absolute atomic E-state index is 0.274. The monoisotopic (exact) mass is 273 g/mol. The van der Waals surface area contributed by atoms with Gasteiger partial charge in [0.05, 0.1) is 11.9 Å². The van der Waals surface area contributed by atoms with Crippen LogP contribution in [0.2, 0.25) is 0 Å². The van der Waals surface area contributed by atoms with E-state index in [4.69, 9.17) is 0 Å². The Kier molecular flexibility index (Phi) is 3.49. The van der Waals surface area contributed by atoms with Gasteiger partial charge in [-0.3, -0.25) is 4.98 Å². The third-order valence-electron chi connectivity index (χ3n) is 5.09. The van der Waals surface area contributed by atoms with Crippen LogP contribution in [0.3, 0.4) is 0 Å². The molecule has 3 nitrogen and oxygen atoms in total. The van der Waals surface area contributed by atoms with E-state index in [0.717, 1.165) is 24.7 Å². The highest BCUT2D eigenvalue weighted by molar-refractivity contribution is 5.47. The number of piperazine rings is 1. The first-order valence-electron chi connectivity index (χ1n) is 7.94. The molecule has 2 atom stereocenters. The van der Waals surface area contributed by atoms with Crippen LogP contribution < -0.4 is 10.2 Å². The fraction of sp³-hybridized carbons (Fsp3) is 0.706. The van der Waals surface area contributed by atoms with Crippen LogP contribution in [0, 0.1) is 18.8 Å². The molecule has 3 rings (SSSR count). The summed E-state index contributed by atoms with van der Waals surface area (Å²) in [5.74, 6) is 1.50. The summed E-state index contributed by atoms with van der Waals surface area (Å²) in [4.78, 5) is 7.08. The second kappa shape index (κ2) is 5.03. The number of hydrogen-bond acceptors (Lipinski definition) is 3. The number of nitrogens with one attached hydrogen (secondary N) is 1. The largest absolute Gasteiger partial charge is 0.364 e. The minimum Gasteiger partial charge on any atom is -0.364 e. The van der Waals surface area contributed by atoms with Crippen molar-refractivity contribution in [2.75, 3.05) is 18.0 Å². The van der Waals surface area contributed by atoms with Crippen LogP contribution in [0.1, 0.15) is 39.3 Å². The zero-order valence-electron chi connectivity index (χ0n) is 13.2. The lowest BCUT2D eigenvalue weighted by atomic mass is 9.88. The number of rotatable bonds is 3. The van der Waals surface area contributed by atoms with Crippen LogP contribution in [-0.2, 0) is 0 Å². The van der Waals surface area contributed by atoms with Crippen molar-refractivity contribution in [3.05, 3.63) is 24.0 Å². The van der Waals surface area contributed by atoms with Crippen molar-refractivity contribution in [2.45, 2.75) is 52.1 Å². The lowest BCUT2D eigenvalue weighted by Crippen LogP contribution is -2.65. The molecule has 1 saturated heterocycles. The van der Waals surface area contributed by atoms with Crippen LogP contribution in [0.4, 0.5) is 5.69 Å². The zero-order chi connectivity index (χ0) is 14.3. The molecule has 1 aromatic heterocycles. The van der Waals surface area contributed by atoms with E-state index in [1.165, 1.54) is 18.5 Å². The molecule has 1 aliphatic heterocycles. The Hall–Kier alpha value is -1.09. The predicted molar refractivity (Wildman–Crippen MR) is 84.1 cm³/mol. The molecule has 0 bridgehead atoms. The van der Waals surface area contributed by atoms with Gasteiger partial charge in [-0.2, -0.15) is 0 Å². The van der Waals surface area contributed by atoms with Crippen molar-refractivity contribution >= 4 is 5.69 Å². The summed E-state index contributed by atoms with van der Waals surface area (Å²) in [5.41, 5.74) is 2.65. The minimum atomic E-state index is 0.274. The first-order chi connectivity index (χ1) is 9.49. The Bertz CT molecular complexity index is 464. The van der Waals surface area contributed by atoms with E-state index in [9.17, 15) is 0 Å². The average Bonchev–Trinajstić information content (AvgIpc) is 3.24. The predicted octanol–water partition coefficient (Wildman–Crippen LogP) is 2.99. The molecule has 2 fully saturated rings. The van der Waals surface area contributed by atoms with Gasteiger partial charge < -0.3 is 10.2 Å². The van der Waals surface area contributed by atoms with Gasteiger partial charge >= 0.3 is 0 Å². The molecule has 2 unspecified atom stereocenters. The van der Waals surface area contributed by atoms with Gasteiger partial charge in [0.1, 0.15) is 0 Å². The average molecular weight is 273 g/mol. The maximum absolute atomic E-state index is 4.49. The van der Waals surface area contributed by atoms with E-state index >= 15 is 0 Å². The van der Waals surface area contributed by atoms with Crippen molar-refractivity contribution in [2.24, 2.45) is 11.8 Å². The van der Waals surface area contributed by atoms with Crippen molar-refractivity contribution in [1.29, 1.82) is 0 Å². The molecular weight excluding hydrogens is 246 g/mol. The van der Waals surface area contributed by atoms with Gasteiger partial charge in [0.2, 0.25) is 0 Å². The smallest absolute Gasteiger partial charge is 0.0556 e. The van der Waals surface area contributed by atoms with Crippen molar-refractivity contribution < 1.29 is 0 Å². The number of hydrogen-bond donors (Lipinski definition) is 1. The second-order valence-corrected chi connectivity index (χ2v) is 7.17.